The summed E-state index contributed by atoms with van der Waals surface area (Å²) in [5.74, 6) is -1.33. The van der Waals surface area contributed by atoms with Crippen molar-refractivity contribution in [2.45, 2.75) is 6.54 Å². The van der Waals surface area contributed by atoms with Gasteiger partial charge in [-0.2, -0.15) is 5.10 Å². The number of benzene rings is 1. The van der Waals surface area contributed by atoms with Gasteiger partial charge in [0.05, 0.1) is 11.1 Å². The number of nitro groups is 1. The largest absolute Gasteiger partial charge is 0.337 e. The molecule has 2 aromatic rings. The maximum atomic E-state index is 13.2. The Hall–Kier alpha value is -2.77. The predicted octanol–water partition coefficient (Wildman–Crippen LogP) is 1.73. The monoisotopic (exact) mass is 278 g/mol. The van der Waals surface area contributed by atoms with Crippen molar-refractivity contribution in [3.8, 4) is 0 Å². The smallest absolute Gasteiger partial charge is 0.282 e. The Labute approximate surface area is 113 Å². The van der Waals surface area contributed by atoms with Crippen LogP contribution < -0.4 is 0 Å². The van der Waals surface area contributed by atoms with Crippen molar-refractivity contribution in [3.05, 3.63) is 57.7 Å². The number of nitro benzene ring substituents is 1. The number of rotatable bonds is 4. The Morgan fingerprint density at radius 2 is 2.30 bits per heavy atom. The van der Waals surface area contributed by atoms with Crippen LogP contribution in [0.15, 0.2) is 30.6 Å². The molecule has 20 heavy (non-hydrogen) atoms. The fourth-order valence-corrected chi connectivity index (χ4v) is 1.75. The van der Waals surface area contributed by atoms with Crippen LogP contribution in [-0.2, 0) is 6.54 Å². The van der Waals surface area contributed by atoms with Crippen molar-refractivity contribution in [3.63, 3.8) is 0 Å². The number of nitrogens with zero attached hydrogens (tertiary/aromatic N) is 3. The normalized spacial score (nSPS) is 10.3. The van der Waals surface area contributed by atoms with Crippen LogP contribution in [0.3, 0.4) is 0 Å². The molecule has 104 valence electrons. The minimum absolute atomic E-state index is 0.211. The SMILES string of the molecule is CN(Cc1cn[nH]c1)C(=O)c1cc(F)ccc1[N+](=O)[O-]. The first-order valence-electron chi connectivity index (χ1n) is 5.66. The first-order chi connectivity index (χ1) is 9.49. The number of hydrogen-bond donors (Lipinski definition) is 1. The molecule has 0 spiro atoms. The van der Waals surface area contributed by atoms with Gasteiger partial charge in [0, 0.05) is 31.4 Å². The molecule has 0 unspecified atom stereocenters. The minimum atomic E-state index is -0.710. The Bertz CT molecular complexity index is 642. The molecule has 0 saturated carbocycles. The number of amides is 1. The van der Waals surface area contributed by atoms with Crippen LogP contribution in [0.4, 0.5) is 10.1 Å². The number of aromatic nitrogens is 2. The molecule has 0 aliphatic heterocycles. The van der Waals surface area contributed by atoms with Gasteiger partial charge in [-0.15, -0.1) is 0 Å². The van der Waals surface area contributed by atoms with E-state index in [1.165, 1.54) is 18.1 Å². The summed E-state index contributed by atoms with van der Waals surface area (Å²) in [7, 11) is 1.48. The van der Waals surface area contributed by atoms with E-state index in [9.17, 15) is 19.3 Å². The number of hydrogen-bond acceptors (Lipinski definition) is 4. The molecular formula is C12H11FN4O3. The van der Waals surface area contributed by atoms with Crippen LogP contribution in [0, 0.1) is 15.9 Å². The lowest BCUT2D eigenvalue weighted by Crippen LogP contribution is -2.26. The van der Waals surface area contributed by atoms with Crippen molar-refractivity contribution in [2.75, 3.05) is 7.05 Å². The van der Waals surface area contributed by atoms with Crippen LogP contribution in [0.1, 0.15) is 15.9 Å². The zero-order valence-corrected chi connectivity index (χ0v) is 10.5. The maximum absolute atomic E-state index is 13.2. The van der Waals surface area contributed by atoms with Gasteiger partial charge in [0.1, 0.15) is 11.4 Å². The van der Waals surface area contributed by atoms with Gasteiger partial charge in [-0.3, -0.25) is 20.0 Å². The van der Waals surface area contributed by atoms with E-state index in [-0.39, 0.29) is 12.1 Å². The molecule has 0 radical (unpaired) electrons. The van der Waals surface area contributed by atoms with E-state index in [1.807, 2.05) is 0 Å². The quantitative estimate of drug-likeness (QED) is 0.681. The van der Waals surface area contributed by atoms with Crippen LogP contribution in [0.25, 0.3) is 0 Å². The first-order valence-corrected chi connectivity index (χ1v) is 5.66. The second-order valence-electron chi connectivity index (χ2n) is 4.19. The van der Waals surface area contributed by atoms with Crippen molar-refractivity contribution in [1.29, 1.82) is 0 Å². The number of nitrogens with one attached hydrogen (secondary N) is 1. The number of aromatic amines is 1. The molecule has 0 atom stereocenters. The summed E-state index contributed by atoms with van der Waals surface area (Å²) in [6.45, 7) is 0.211. The Balaban J connectivity index is 2.28. The standard InChI is InChI=1S/C12H11FN4O3/c1-16(7-8-5-14-15-6-8)12(18)10-4-9(13)2-3-11(10)17(19)20/h2-6H,7H2,1H3,(H,14,15). The summed E-state index contributed by atoms with van der Waals surface area (Å²) < 4.78 is 13.2. The van der Waals surface area contributed by atoms with Crippen LogP contribution >= 0.6 is 0 Å². The van der Waals surface area contributed by atoms with Crippen molar-refractivity contribution < 1.29 is 14.1 Å². The molecule has 1 heterocycles. The third kappa shape index (κ3) is 2.79. The van der Waals surface area contributed by atoms with Crippen molar-refractivity contribution in [1.82, 2.24) is 15.1 Å². The molecule has 1 aromatic carbocycles. The van der Waals surface area contributed by atoms with E-state index in [0.717, 1.165) is 23.8 Å². The highest BCUT2D eigenvalue weighted by molar-refractivity contribution is 5.97. The van der Waals surface area contributed by atoms with Crippen molar-refractivity contribution in [2.24, 2.45) is 0 Å². The first kappa shape index (κ1) is 13.7. The second-order valence-corrected chi connectivity index (χ2v) is 4.19. The minimum Gasteiger partial charge on any atom is -0.337 e. The fourth-order valence-electron chi connectivity index (χ4n) is 1.75. The molecular weight excluding hydrogens is 267 g/mol. The third-order valence-electron chi connectivity index (χ3n) is 2.71. The summed E-state index contributed by atoms with van der Waals surface area (Å²) in [6.07, 6.45) is 3.13. The Morgan fingerprint density at radius 3 is 2.90 bits per heavy atom. The summed E-state index contributed by atoms with van der Waals surface area (Å²) in [5, 5.41) is 17.2. The summed E-state index contributed by atoms with van der Waals surface area (Å²) in [4.78, 5) is 23.6. The van der Waals surface area contributed by atoms with Crippen LogP contribution in [0.2, 0.25) is 0 Å². The molecule has 1 N–H and O–H groups in total. The van der Waals surface area contributed by atoms with Gasteiger partial charge >= 0.3 is 0 Å². The average molecular weight is 278 g/mol. The van der Waals surface area contributed by atoms with E-state index >= 15 is 0 Å². The predicted molar refractivity (Wildman–Crippen MR) is 67.4 cm³/mol. The second kappa shape index (κ2) is 5.47. The van der Waals surface area contributed by atoms with Crippen LogP contribution in [0.5, 0.6) is 0 Å². The average Bonchev–Trinajstić information content (AvgIpc) is 2.90. The molecule has 0 aliphatic carbocycles. The number of carbonyl (C=O) groups is 1. The van der Waals surface area contributed by atoms with Crippen molar-refractivity contribution >= 4 is 11.6 Å². The Kier molecular flexibility index (Phi) is 3.74. The van der Waals surface area contributed by atoms with Gasteiger partial charge in [0.25, 0.3) is 11.6 Å². The van der Waals surface area contributed by atoms with E-state index < -0.39 is 22.3 Å². The highest BCUT2D eigenvalue weighted by Crippen LogP contribution is 2.21. The fraction of sp³-hybridized carbons (Fsp3) is 0.167. The topological polar surface area (TPSA) is 92.1 Å². The highest BCUT2D eigenvalue weighted by Gasteiger charge is 2.23. The lowest BCUT2D eigenvalue weighted by molar-refractivity contribution is -0.385. The molecule has 0 fully saturated rings. The lowest BCUT2D eigenvalue weighted by Gasteiger charge is -2.16. The molecule has 1 aromatic heterocycles. The number of halogens is 1. The van der Waals surface area contributed by atoms with Gasteiger partial charge in [-0.1, -0.05) is 0 Å². The summed E-state index contributed by atoms with van der Waals surface area (Å²) in [6, 6.07) is 2.80. The summed E-state index contributed by atoms with van der Waals surface area (Å²) in [5.41, 5.74) is 0.0383. The number of carbonyl (C=O) groups excluding carboxylic acids is 1. The molecule has 7 nitrogen and oxygen atoms in total. The third-order valence-corrected chi connectivity index (χ3v) is 2.71. The molecule has 0 saturated heterocycles. The van der Waals surface area contributed by atoms with E-state index in [0.29, 0.717) is 0 Å². The van der Waals surface area contributed by atoms with E-state index in [4.69, 9.17) is 0 Å². The Morgan fingerprint density at radius 1 is 1.55 bits per heavy atom. The van der Waals surface area contributed by atoms with Crippen LogP contribution in [-0.4, -0.2) is 33.0 Å². The lowest BCUT2D eigenvalue weighted by atomic mass is 10.1. The molecule has 2 rings (SSSR count). The zero-order valence-electron chi connectivity index (χ0n) is 10.5. The van der Waals surface area contributed by atoms with E-state index in [1.54, 1.807) is 6.20 Å². The summed E-state index contributed by atoms with van der Waals surface area (Å²) >= 11 is 0. The maximum Gasteiger partial charge on any atom is 0.282 e. The van der Waals surface area contributed by atoms with Gasteiger partial charge in [0.15, 0.2) is 0 Å². The molecule has 1 amide bonds. The van der Waals surface area contributed by atoms with Gasteiger partial charge < -0.3 is 4.90 Å². The van der Waals surface area contributed by atoms with Gasteiger partial charge in [-0.05, 0) is 12.1 Å². The number of H-pyrrole nitrogens is 1. The van der Waals surface area contributed by atoms with Gasteiger partial charge in [-0.25, -0.2) is 4.39 Å². The molecule has 0 aliphatic rings. The highest BCUT2D eigenvalue weighted by atomic mass is 19.1. The van der Waals surface area contributed by atoms with Gasteiger partial charge in [0.2, 0.25) is 0 Å². The zero-order chi connectivity index (χ0) is 14.7. The van der Waals surface area contributed by atoms with E-state index in [2.05, 4.69) is 10.2 Å². The molecule has 0 bridgehead atoms. The molecule has 8 heteroatoms.